The van der Waals surface area contributed by atoms with Crippen LogP contribution in [0.1, 0.15) is 36.0 Å². The number of fused-ring (bicyclic) bond motifs is 1. The van der Waals surface area contributed by atoms with Gasteiger partial charge in [-0.1, -0.05) is 24.3 Å². The van der Waals surface area contributed by atoms with E-state index < -0.39 is 5.41 Å². The molecule has 0 radical (unpaired) electrons. The average Bonchev–Trinajstić information content (AvgIpc) is 2.76. The number of hydrogen-bond donors (Lipinski definition) is 0. The molecule has 1 amide bonds. The van der Waals surface area contributed by atoms with Gasteiger partial charge in [0.25, 0.3) is 5.91 Å². The van der Waals surface area contributed by atoms with Gasteiger partial charge in [-0.05, 0) is 25.0 Å². The van der Waals surface area contributed by atoms with E-state index in [4.69, 9.17) is 4.74 Å². The molecule has 0 N–H and O–H groups in total. The first-order valence-electron chi connectivity index (χ1n) is 7.49. The molecule has 0 saturated carbocycles. The Hall–Kier alpha value is -2.10. The first kappa shape index (κ1) is 12.6. The number of carbonyl (C=O) groups excluding carboxylic acids is 2. The second-order valence-electron chi connectivity index (χ2n) is 6.06. The van der Waals surface area contributed by atoms with Crippen molar-refractivity contribution in [1.29, 1.82) is 0 Å². The van der Waals surface area contributed by atoms with Crippen LogP contribution in [0.5, 0.6) is 0 Å². The minimum atomic E-state index is -0.564. The van der Waals surface area contributed by atoms with Crippen molar-refractivity contribution in [3.8, 4) is 0 Å². The zero-order chi connectivity index (χ0) is 14.4. The lowest BCUT2D eigenvalue weighted by molar-refractivity contribution is -0.148. The molecule has 2 fully saturated rings. The number of likely N-dealkylation sites (tertiary alicyclic amines) is 1. The summed E-state index contributed by atoms with van der Waals surface area (Å²) < 4.78 is 5.45. The molecule has 0 aromatic heterocycles. The summed E-state index contributed by atoms with van der Waals surface area (Å²) in [6.45, 7) is 0.680. The average molecular weight is 283 g/mol. The van der Waals surface area contributed by atoms with Crippen molar-refractivity contribution in [2.24, 2.45) is 5.41 Å². The van der Waals surface area contributed by atoms with Crippen molar-refractivity contribution >= 4 is 11.9 Å². The lowest BCUT2D eigenvalue weighted by Gasteiger charge is -2.41. The number of esters is 1. The van der Waals surface area contributed by atoms with Gasteiger partial charge in [0, 0.05) is 30.6 Å². The van der Waals surface area contributed by atoms with E-state index in [9.17, 15) is 9.59 Å². The van der Waals surface area contributed by atoms with Gasteiger partial charge in [-0.2, -0.15) is 0 Å². The molecular weight excluding hydrogens is 266 g/mol. The number of ether oxygens (including phenoxy) is 1. The highest BCUT2D eigenvalue weighted by atomic mass is 16.6. The number of benzene rings is 1. The molecule has 2 bridgehead atoms. The fourth-order valence-electron chi connectivity index (χ4n) is 3.86. The quantitative estimate of drug-likeness (QED) is 0.744. The van der Waals surface area contributed by atoms with E-state index >= 15 is 0 Å². The van der Waals surface area contributed by atoms with Gasteiger partial charge in [0.1, 0.15) is 11.5 Å². The Bertz CT molecular complexity index is 637. The van der Waals surface area contributed by atoms with Crippen molar-refractivity contribution < 1.29 is 14.3 Å². The Balaban J connectivity index is 1.72. The molecule has 1 spiro atoms. The Morgan fingerprint density at radius 2 is 2.10 bits per heavy atom. The van der Waals surface area contributed by atoms with E-state index in [0.29, 0.717) is 12.1 Å². The van der Waals surface area contributed by atoms with Crippen molar-refractivity contribution in [2.45, 2.75) is 31.8 Å². The molecule has 1 aromatic carbocycles. The largest absolute Gasteiger partial charge is 0.461 e. The van der Waals surface area contributed by atoms with E-state index in [0.717, 1.165) is 31.4 Å². The molecule has 2 aliphatic heterocycles. The maximum atomic E-state index is 12.8. The molecule has 1 aromatic rings. The van der Waals surface area contributed by atoms with E-state index in [-0.39, 0.29) is 18.0 Å². The van der Waals surface area contributed by atoms with Crippen LogP contribution in [0.2, 0.25) is 0 Å². The van der Waals surface area contributed by atoms with Crippen LogP contribution in [0.4, 0.5) is 0 Å². The molecule has 1 aliphatic carbocycles. The fraction of sp³-hybridized carbons (Fsp3) is 0.412. The summed E-state index contributed by atoms with van der Waals surface area (Å²) in [5.41, 5.74) is 0.983. The molecule has 0 unspecified atom stereocenters. The summed E-state index contributed by atoms with van der Waals surface area (Å²) in [6.07, 6.45) is 5.15. The summed E-state index contributed by atoms with van der Waals surface area (Å²) in [5, 5.41) is 0. The number of piperidine rings is 1. The van der Waals surface area contributed by atoms with E-state index in [2.05, 4.69) is 0 Å². The van der Waals surface area contributed by atoms with Crippen LogP contribution >= 0.6 is 0 Å². The van der Waals surface area contributed by atoms with Crippen LogP contribution in [0, 0.1) is 5.41 Å². The maximum Gasteiger partial charge on any atom is 0.318 e. The van der Waals surface area contributed by atoms with Crippen molar-refractivity contribution in [3.05, 3.63) is 47.7 Å². The summed E-state index contributed by atoms with van der Waals surface area (Å²) in [4.78, 5) is 26.9. The number of carbonyl (C=O) groups is 2. The third-order valence-corrected chi connectivity index (χ3v) is 4.85. The third kappa shape index (κ3) is 1.75. The van der Waals surface area contributed by atoms with Gasteiger partial charge >= 0.3 is 5.97 Å². The highest BCUT2D eigenvalue weighted by molar-refractivity contribution is 5.97. The van der Waals surface area contributed by atoms with Gasteiger partial charge in [-0.25, -0.2) is 0 Å². The molecular formula is C17H17NO3. The van der Waals surface area contributed by atoms with Gasteiger partial charge in [-0.15, -0.1) is 0 Å². The van der Waals surface area contributed by atoms with Gasteiger partial charge in [0.05, 0.1) is 0 Å². The van der Waals surface area contributed by atoms with Crippen LogP contribution in [-0.4, -0.2) is 29.4 Å². The molecule has 4 rings (SSSR count). The van der Waals surface area contributed by atoms with E-state index in [1.807, 2.05) is 36.4 Å². The second kappa shape index (κ2) is 4.45. The smallest absolute Gasteiger partial charge is 0.318 e. The second-order valence-corrected chi connectivity index (χ2v) is 6.06. The van der Waals surface area contributed by atoms with Gasteiger partial charge in [0.15, 0.2) is 0 Å². The Morgan fingerprint density at radius 3 is 2.90 bits per heavy atom. The molecule has 4 nitrogen and oxygen atoms in total. The molecule has 108 valence electrons. The highest BCUT2D eigenvalue weighted by Crippen LogP contribution is 2.52. The van der Waals surface area contributed by atoms with Crippen LogP contribution in [0.3, 0.4) is 0 Å². The fourth-order valence-corrected chi connectivity index (χ4v) is 3.86. The van der Waals surface area contributed by atoms with Crippen molar-refractivity contribution in [3.63, 3.8) is 0 Å². The van der Waals surface area contributed by atoms with Crippen LogP contribution in [0.25, 0.3) is 0 Å². The minimum Gasteiger partial charge on any atom is -0.461 e. The summed E-state index contributed by atoms with van der Waals surface area (Å²) in [5.74, 6) is -0.152. The van der Waals surface area contributed by atoms with Crippen LogP contribution < -0.4 is 0 Å². The number of rotatable bonds is 1. The first-order valence-corrected chi connectivity index (χ1v) is 7.49. The molecule has 2 saturated heterocycles. The Morgan fingerprint density at radius 1 is 1.29 bits per heavy atom. The minimum absolute atomic E-state index is 0.00743. The van der Waals surface area contributed by atoms with E-state index in [1.165, 1.54) is 0 Å². The number of hydrogen-bond acceptors (Lipinski definition) is 3. The zero-order valence-electron chi connectivity index (χ0n) is 11.7. The summed E-state index contributed by atoms with van der Waals surface area (Å²) in [7, 11) is 0. The predicted octanol–water partition coefficient (Wildman–Crippen LogP) is 2.51. The molecule has 2 heterocycles. The van der Waals surface area contributed by atoms with Gasteiger partial charge in [0.2, 0.25) is 0 Å². The van der Waals surface area contributed by atoms with E-state index in [1.54, 1.807) is 4.90 Å². The Labute approximate surface area is 123 Å². The highest BCUT2D eigenvalue weighted by Gasteiger charge is 2.57. The van der Waals surface area contributed by atoms with Gasteiger partial charge in [-0.3, -0.25) is 9.59 Å². The Kier molecular flexibility index (Phi) is 2.67. The van der Waals surface area contributed by atoms with Gasteiger partial charge < -0.3 is 9.64 Å². The molecule has 3 aliphatic rings. The summed E-state index contributed by atoms with van der Waals surface area (Å²) in [6, 6.07) is 9.27. The monoisotopic (exact) mass is 283 g/mol. The standard InChI is InChI=1S/C17H17NO3/c19-15(12-5-2-1-3-6-12)18-10-4-9-17-11-13(21-16(17)20)7-8-14(17)18/h1-3,5-6,8,13H,4,7,9-11H2/t13-,17-/m1/s1. The molecule has 2 atom stereocenters. The predicted molar refractivity (Wildman–Crippen MR) is 76.3 cm³/mol. The zero-order valence-corrected chi connectivity index (χ0v) is 11.7. The molecule has 4 heteroatoms. The lowest BCUT2D eigenvalue weighted by Crippen LogP contribution is -2.47. The number of amides is 1. The lowest BCUT2D eigenvalue weighted by atomic mass is 9.71. The summed E-state index contributed by atoms with van der Waals surface area (Å²) >= 11 is 0. The van der Waals surface area contributed by atoms with Crippen molar-refractivity contribution in [2.75, 3.05) is 6.54 Å². The molecule has 21 heavy (non-hydrogen) atoms. The third-order valence-electron chi connectivity index (χ3n) is 4.85. The topological polar surface area (TPSA) is 46.6 Å². The first-order chi connectivity index (χ1) is 10.2. The van der Waals surface area contributed by atoms with Crippen LogP contribution in [-0.2, 0) is 9.53 Å². The normalized spacial score (nSPS) is 30.5. The SMILES string of the molecule is O=C(c1ccccc1)N1CCC[C@@]23C[C@@H](CC=C12)OC3=O. The van der Waals surface area contributed by atoms with Crippen molar-refractivity contribution in [1.82, 2.24) is 4.90 Å². The van der Waals surface area contributed by atoms with Crippen LogP contribution in [0.15, 0.2) is 42.1 Å². The maximum absolute atomic E-state index is 12.8. The number of nitrogens with zero attached hydrogens (tertiary/aromatic N) is 1.